The van der Waals surface area contributed by atoms with Gasteiger partial charge in [-0.3, -0.25) is 9.89 Å². The highest BCUT2D eigenvalue weighted by atomic mass is 19.4. The van der Waals surface area contributed by atoms with E-state index in [-0.39, 0.29) is 6.54 Å². The van der Waals surface area contributed by atoms with Gasteiger partial charge in [-0.05, 0) is 23.6 Å². The molecule has 1 fully saturated rings. The Morgan fingerprint density at radius 1 is 1.22 bits per heavy atom. The molecule has 1 aliphatic rings. The first-order chi connectivity index (χ1) is 12.8. The first kappa shape index (κ1) is 21.5. The van der Waals surface area contributed by atoms with Crippen LogP contribution >= 0.6 is 0 Å². The van der Waals surface area contributed by atoms with Crippen molar-refractivity contribution in [3.05, 3.63) is 35.4 Å². The average Bonchev–Trinajstić information content (AvgIpc) is 2.64. The number of alkyl halides is 3. The van der Waals surface area contributed by atoms with E-state index in [1.54, 1.807) is 13.1 Å². The highest BCUT2D eigenvalue weighted by Crippen LogP contribution is 2.29. The Balaban J connectivity index is 1.90. The zero-order chi connectivity index (χ0) is 19.9. The summed E-state index contributed by atoms with van der Waals surface area (Å²) in [5.41, 5.74) is -0.0849. The molecule has 2 rings (SSSR count). The maximum absolute atomic E-state index is 12.8. The van der Waals surface area contributed by atoms with Gasteiger partial charge in [-0.15, -0.1) is 0 Å². The molecule has 0 radical (unpaired) electrons. The van der Waals surface area contributed by atoms with Gasteiger partial charge < -0.3 is 15.4 Å². The molecule has 1 aromatic rings. The molecular formula is C19H29F3N4O. The van der Waals surface area contributed by atoms with Crippen LogP contribution in [0.15, 0.2) is 29.3 Å². The van der Waals surface area contributed by atoms with Gasteiger partial charge in [0.05, 0.1) is 18.8 Å². The van der Waals surface area contributed by atoms with Crippen molar-refractivity contribution >= 4 is 5.96 Å². The van der Waals surface area contributed by atoms with Gasteiger partial charge >= 0.3 is 6.18 Å². The quantitative estimate of drug-likeness (QED) is 0.583. The van der Waals surface area contributed by atoms with E-state index < -0.39 is 11.7 Å². The van der Waals surface area contributed by atoms with E-state index in [9.17, 15) is 13.2 Å². The number of hydrogen-bond donors (Lipinski definition) is 2. The minimum Gasteiger partial charge on any atom is -0.379 e. The smallest absolute Gasteiger partial charge is 0.379 e. The lowest BCUT2D eigenvalue weighted by Gasteiger charge is -2.37. The third-order valence-corrected chi connectivity index (χ3v) is 4.70. The topological polar surface area (TPSA) is 48.9 Å². The van der Waals surface area contributed by atoms with E-state index in [1.807, 2.05) is 0 Å². The van der Waals surface area contributed by atoms with Crippen LogP contribution in [0.5, 0.6) is 0 Å². The maximum Gasteiger partial charge on any atom is 0.416 e. The second kappa shape index (κ2) is 9.94. The number of morpholine rings is 1. The van der Waals surface area contributed by atoms with Crippen LogP contribution in [0.25, 0.3) is 0 Å². The standard InChI is InChI=1S/C19H29F3N4O/c1-14(2)17(26-7-9-27-10-8-26)13-25-18(23-3)24-12-15-5-4-6-16(11-15)19(20,21)22/h4-6,11,14,17H,7-10,12-13H2,1-3H3,(H2,23,24,25). The van der Waals surface area contributed by atoms with E-state index in [0.717, 1.165) is 38.4 Å². The molecule has 0 spiro atoms. The lowest BCUT2D eigenvalue weighted by atomic mass is 10.0. The number of halogens is 3. The summed E-state index contributed by atoms with van der Waals surface area (Å²) in [6.45, 7) is 8.63. The summed E-state index contributed by atoms with van der Waals surface area (Å²) in [7, 11) is 1.65. The minimum atomic E-state index is -4.33. The molecule has 1 heterocycles. The van der Waals surface area contributed by atoms with Crippen LogP contribution in [0, 0.1) is 5.92 Å². The summed E-state index contributed by atoms with van der Waals surface area (Å²) >= 11 is 0. The fourth-order valence-corrected chi connectivity index (χ4v) is 3.16. The fraction of sp³-hybridized carbons (Fsp3) is 0.632. The number of aliphatic imine (C=N–C) groups is 1. The molecule has 0 amide bonds. The van der Waals surface area contributed by atoms with E-state index in [0.29, 0.717) is 30.0 Å². The molecule has 0 bridgehead atoms. The second-order valence-corrected chi connectivity index (χ2v) is 6.96. The van der Waals surface area contributed by atoms with Crippen molar-refractivity contribution < 1.29 is 17.9 Å². The van der Waals surface area contributed by atoms with Crippen LogP contribution < -0.4 is 10.6 Å². The van der Waals surface area contributed by atoms with Gasteiger partial charge in [-0.2, -0.15) is 13.2 Å². The summed E-state index contributed by atoms with van der Waals surface area (Å²) in [6, 6.07) is 5.65. The van der Waals surface area contributed by atoms with Crippen LogP contribution in [-0.2, 0) is 17.5 Å². The van der Waals surface area contributed by atoms with Gasteiger partial charge in [0.2, 0.25) is 0 Å². The number of rotatable bonds is 6. The molecule has 8 heteroatoms. The van der Waals surface area contributed by atoms with Crippen molar-refractivity contribution in [2.24, 2.45) is 10.9 Å². The molecule has 0 saturated carbocycles. The monoisotopic (exact) mass is 386 g/mol. The van der Waals surface area contributed by atoms with Crippen LogP contribution in [0.4, 0.5) is 13.2 Å². The third-order valence-electron chi connectivity index (χ3n) is 4.70. The van der Waals surface area contributed by atoms with Crippen LogP contribution in [0.3, 0.4) is 0 Å². The Bertz CT molecular complexity index is 613. The number of nitrogens with zero attached hydrogens (tertiary/aromatic N) is 2. The number of guanidine groups is 1. The molecule has 0 aromatic heterocycles. The zero-order valence-electron chi connectivity index (χ0n) is 16.1. The summed E-state index contributed by atoms with van der Waals surface area (Å²) in [4.78, 5) is 6.58. The molecular weight excluding hydrogens is 357 g/mol. The Morgan fingerprint density at radius 2 is 1.93 bits per heavy atom. The lowest BCUT2D eigenvalue weighted by Crippen LogP contribution is -2.52. The summed E-state index contributed by atoms with van der Waals surface area (Å²) in [6.07, 6.45) is -4.33. The highest BCUT2D eigenvalue weighted by molar-refractivity contribution is 5.79. The van der Waals surface area contributed by atoms with Gasteiger partial charge in [-0.1, -0.05) is 26.0 Å². The van der Waals surface area contributed by atoms with E-state index in [2.05, 4.69) is 34.4 Å². The molecule has 5 nitrogen and oxygen atoms in total. The van der Waals surface area contributed by atoms with Crippen molar-refractivity contribution in [1.82, 2.24) is 15.5 Å². The Labute approximate surface area is 159 Å². The Kier molecular flexibility index (Phi) is 7.91. The normalized spacial score (nSPS) is 17.8. The zero-order valence-corrected chi connectivity index (χ0v) is 16.1. The molecule has 0 aliphatic carbocycles. The summed E-state index contributed by atoms with van der Waals surface area (Å²) in [5.74, 6) is 1.03. The predicted molar refractivity (Wildman–Crippen MR) is 101 cm³/mol. The van der Waals surface area contributed by atoms with Crippen molar-refractivity contribution in [3.63, 3.8) is 0 Å². The van der Waals surface area contributed by atoms with Crippen LogP contribution in [0.1, 0.15) is 25.0 Å². The largest absolute Gasteiger partial charge is 0.416 e. The average molecular weight is 386 g/mol. The highest BCUT2D eigenvalue weighted by Gasteiger charge is 2.30. The molecule has 1 atom stereocenters. The van der Waals surface area contributed by atoms with Crippen LogP contribution in [-0.4, -0.2) is 56.8 Å². The van der Waals surface area contributed by atoms with Gasteiger partial charge in [0.15, 0.2) is 5.96 Å². The summed E-state index contributed by atoms with van der Waals surface area (Å²) in [5, 5.41) is 6.39. The summed E-state index contributed by atoms with van der Waals surface area (Å²) < 4.78 is 43.9. The number of benzene rings is 1. The van der Waals surface area contributed by atoms with Gasteiger partial charge in [0.1, 0.15) is 0 Å². The second-order valence-electron chi connectivity index (χ2n) is 6.96. The predicted octanol–water partition coefficient (Wildman–Crippen LogP) is 2.73. The lowest BCUT2D eigenvalue weighted by molar-refractivity contribution is -0.137. The van der Waals surface area contributed by atoms with Crippen molar-refractivity contribution in [3.8, 4) is 0 Å². The van der Waals surface area contributed by atoms with Crippen molar-refractivity contribution in [2.75, 3.05) is 39.9 Å². The molecule has 27 heavy (non-hydrogen) atoms. The maximum atomic E-state index is 12.8. The minimum absolute atomic E-state index is 0.271. The van der Waals surface area contributed by atoms with E-state index >= 15 is 0 Å². The molecule has 1 aliphatic heterocycles. The van der Waals surface area contributed by atoms with Crippen molar-refractivity contribution in [1.29, 1.82) is 0 Å². The molecule has 2 N–H and O–H groups in total. The number of hydrogen-bond acceptors (Lipinski definition) is 3. The number of nitrogens with one attached hydrogen (secondary N) is 2. The molecule has 1 aromatic carbocycles. The molecule has 1 unspecified atom stereocenters. The van der Waals surface area contributed by atoms with Crippen LogP contribution in [0.2, 0.25) is 0 Å². The van der Waals surface area contributed by atoms with E-state index in [4.69, 9.17) is 4.74 Å². The van der Waals surface area contributed by atoms with E-state index in [1.165, 1.54) is 6.07 Å². The fourth-order valence-electron chi connectivity index (χ4n) is 3.16. The first-order valence-corrected chi connectivity index (χ1v) is 9.23. The third kappa shape index (κ3) is 6.70. The Morgan fingerprint density at radius 3 is 2.52 bits per heavy atom. The van der Waals surface area contributed by atoms with Crippen molar-refractivity contribution in [2.45, 2.75) is 32.6 Å². The first-order valence-electron chi connectivity index (χ1n) is 9.23. The number of ether oxygens (including phenoxy) is 1. The van der Waals surface area contributed by atoms with Gasteiger partial charge in [0.25, 0.3) is 0 Å². The van der Waals surface area contributed by atoms with Gasteiger partial charge in [-0.25, -0.2) is 0 Å². The Hall–Kier alpha value is -1.80. The van der Waals surface area contributed by atoms with Gasteiger partial charge in [0, 0.05) is 39.3 Å². The molecule has 152 valence electrons. The molecule has 1 saturated heterocycles. The SMILES string of the molecule is CN=C(NCc1cccc(C(F)(F)F)c1)NCC(C(C)C)N1CCOCC1.